The summed E-state index contributed by atoms with van der Waals surface area (Å²) in [5, 5.41) is 2.02. The SMILES string of the molecule is C=CCOC(=O)N1CC=C(c2csc(=S)[nH]2)C[C@H]1C. The Bertz CT molecular complexity index is 559. The number of hydrogen-bond donors (Lipinski definition) is 1. The lowest BCUT2D eigenvalue weighted by Gasteiger charge is -2.31. The number of carbonyl (C=O) groups excluding carboxylic acids is 1. The van der Waals surface area contributed by atoms with Gasteiger partial charge in [-0.05, 0) is 31.1 Å². The van der Waals surface area contributed by atoms with Gasteiger partial charge in [-0.2, -0.15) is 0 Å². The van der Waals surface area contributed by atoms with Crippen LogP contribution < -0.4 is 0 Å². The minimum absolute atomic E-state index is 0.110. The van der Waals surface area contributed by atoms with Crippen molar-refractivity contribution in [2.24, 2.45) is 0 Å². The average Bonchev–Trinajstić information content (AvgIpc) is 2.82. The lowest BCUT2D eigenvalue weighted by Crippen LogP contribution is -2.41. The summed E-state index contributed by atoms with van der Waals surface area (Å²) in [6.45, 7) is 6.35. The molecule has 1 amide bonds. The molecule has 0 unspecified atom stereocenters. The van der Waals surface area contributed by atoms with Crippen molar-refractivity contribution in [2.75, 3.05) is 13.2 Å². The van der Waals surface area contributed by atoms with Crippen molar-refractivity contribution in [3.8, 4) is 0 Å². The van der Waals surface area contributed by atoms with Gasteiger partial charge in [0.25, 0.3) is 0 Å². The number of thiazole rings is 1. The van der Waals surface area contributed by atoms with Gasteiger partial charge in [-0.15, -0.1) is 11.3 Å². The summed E-state index contributed by atoms with van der Waals surface area (Å²) in [6, 6.07) is 0.110. The zero-order chi connectivity index (χ0) is 13.8. The van der Waals surface area contributed by atoms with E-state index in [9.17, 15) is 4.79 Å². The van der Waals surface area contributed by atoms with Crippen LogP contribution in [-0.4, -0.2) is 35.2 Å². The zero-order valence-corrected chi connectivity index (χ0v) is 12.4. The number of aromatic amines is 1. The van der Waals surface area contributed by atoms with Gasteiger partial charge < -0.3 is 14.6 Å². The molecule has 0 saturated carbocycles. The van der Waals surface area contributed by atoms with E-state index in [2.05, 4.69) is 11.6 Å². The molecule has 2 rings (SSSR count). The Balaban J connectivity index is 2.07. The van der Waals surface area contributed by atoms with Gasteiger partial charge in [-0.25, -0.2) is 4.79 Å². The first-order valence-electron chi connectivity index (χ1n) is 6.03. The van der Waals surface area contributed by atoms with Gasteiger partial charge in [0.15, 0.2) is 3.95 Å². The summed E-state index contributed by atoms with van der Waals surface area (Å²) in [5.74, 6) is 0. The van der Waals surface area contributed by atoms with Crippen molar-refractivity contribution >= 4 is 35.2 Å². The monoisotopic (exact) mass is 296 g/mol. The second-order valence-corrected chi connectivity index (χ2v) is 5.91. The Labute approximate surface area is 121 Å². The molecule has 4 nitrogen and oxygen atoms in total. The summed E-state index contributed by atoms with van der Waals surface area (Å²) < 4.78 is 5.84. The fourth-order valence-corrected chi connectivity index (χ4v) is 2.88. The Morgan fingerprint density at radius 2 is 2.58 bits per heavy atom. The van der Waals surface area contributed by atoms with E-state index in [1.807, 2.05) is 18.4 Å². The van der Waals surface area contributed by atoms with Crippen molar-refractivity contribution in [1.29, 1.82) is 0 Å². The van der Waals surface area contributed by atoms with E-state index < -0.39 is 0 Å². The number of aromatic nitrogens is 1. The molecule has 0 bridgehead atoms. The first-order valence-corrected chi connectivity index (χ1v) is 7.32. The van der Waals surface area contributed by atoms with Crippen LogP contribution in [0.25, 0.3) is 5.57 Å². The maximum absolute atomic E-state index is 11.8. The molecule has 0 aromatic carbocycles. The van der Waals surface area contributed by atoms with Crippen LogP contribution in [-0.2, 0) is 4.74 Å². The van der Waals surface area contributed by atoms with Crippen LogP contribution in [0.4, 0.5) is 4.79 Å². The summed E-state index contributed by atoms with van der Waals surface area (Å²) in [4.78, 5) is 16.7. The van der Waals surface area contributed by atoms with Gasteiger partial charge in [0.05, 0.1) is 5.69 Å². The fourth-order valence-electron chi connectivity index (χ4n) is 2.03. The molecule has 0 aliphatic carbocycles. The summed E-state index contributed by atoms with van der Waals surface area (Å²) in [5.41, 5.74) is 2.26. The predicted octanol–water partition coefficient (Wildman–Crippen LogP) is 3.61. The van der Waals surface area contributed by atoms with Crippen molar-refractivity contribution in [3.05, 3.63) is 33.8 Å². The Morgan fingerprint density at radius 3 is 3.16 bits per heavy atom. The van der Waals surface area contributed by atoms with Crippen LogP contribution in [0.3, 0.4) is 0 Å². The number of nitrogens with zero attached hydrogens (tertiary/aromatic N) is 1. The lowest BCUT2D eigenvalue weighted by molar-refractivity contribution is 0.102. The molecule has 6 heteroatoms. The first kappa shape index (κ1) is 14.0. The number of rotatable bonds is 3. The van der Waals surface area contributed by atoms with E-state index >= 15 is 0 Å². The molecule has 102 valence electrons. The number of hydrogen-bond acceptors (Lipinski definition) is 4. The largest absolute Gasteiger partial charge is 0.445 e. The van der Waals surface area contributed by atoms with Gasteiger partial charge in [-0.3, -0.25) is 0 Å². The topological polar surface area (TPSA) is 45.3 Å². The highest BCUT2D eigenvalue weighted by Crippen LogP contribution is 2.26. The Morgan fingerprint density at radius 1 is 1.79 bits per heavy atom. The molecule has 19 heavy (non-hydrogen) atoms. The molecule has 1 atom stereocenters. The third-order valence-corrected chi connectivity index (χ3v) is 4.07. The molecule has 1 aliphatic heterocycles. The van der Waals surface area contributed by atoms with Gasteiger partial charge in [0, 0.05) is 18.0 Å². The minimum atomic E-state index is -0.291. The van der Waals surface area contributed by atoms with Crippen LogP contribution in [0.2, 0.25) is 0 Å². The van der Waals surface area contributed by atoms with Crippen LogP contribution in [0.1, 0.15) is 19.0 Å². The van der Waals surface area contributed by atoms with Crippen LogP contribution >= 0.6 is 23.6 Å². The second kappa shape index (κ2) is 6.16. The molecular formula is C13H16N2O2S2. The summed E-state index contributed by atoms with van der Waals surface area (Å²) in [7, 11) is 0. The maximum atomic E-state index is 11.8. The van der Waals surface area contributed by atoms with E-state index in [4.69, 9.17) is 17.0 Å². The molecule has 1 aromatic rings. The fraction of sp³-hybridized carbons (Fsp3) is 0.385. The number of H-pyrrole nitrogens is 1. The quantitative estimate of drug-likeness (QED) is 0.684. The first-order chi connectivity index (χ1) is 9.11. The molecule has 0 fully saturated rings. The molecule has 1 N–H and O–H groups in total. The third kappa shape index (κ3) is 3.33. The highest BCUT2D eigenvalue weighted by atomic mass is 32.1. The smallest absolute Gasteiger partial charge is 0.410 e. The standard InChI is InChI=1S/C13H16N2O2S2/c1-3-6-17-13(16)15-5-4-10(7-9(15)2)11-8-19-12(18)14-11/h3-4,8-9H,1,5-7H2,2H3,(H,14,18)/t9-/m1/s1. The van der Waals surface area contributed by atoms with E-state index in [0.717, 1.165) is 16.1 Å². The van der Waals surface area contributed by atoms with Gasteiger partial charge in [0.2, 0.25) is 0 Å². The highest BCUT2D eigenvalue weighted by Gasteiger charge is 2.25. The third-order valence-electron chi connectivity index (χ3n) is 3.01. The normalized spacial score (nSPS) is 18.9. The second-order valence-electron chi connectivity index (χ2n) is 4.36. The molecule has 0 radical (unpaired) electrons. The minimum Gasteiger partial charge on any atom is -0.445 e. The van der Waals surface area contributed by atoms with Gasteiger partial charge in [0.1, 0.15) is 6.61 Å². The van der Waals surface area contributed by atoms with Crippen LogP contribution in [0, 0.1) is 3.95 Å². The summed E-state index contributed by atoms with van der Waals surface area (Å²) >= 11 is 6.61. The van der Waals surface area contributed by atoms with Crippen molar-refractivity contribution in [3.63, 3.8) is 0 Å². The zero-order valence-electron chi connectivity index (χ0n) is 10.7. The molecule has 1 aromatic heterocycles. The molecule has 1 aliphatic rings. The molecule has 0 spiro atoms. The van der Waals surface area contributed by atoms with E-state index in [0.29, 0.717) is 6.54 Å². The number of amides is 1. The maximum Gasteiger partial charge on any atom is 0.410 e. The number of ether oxygens (including phenoxy) is 1. The Hall–Kier alpha value is -1.40. The van der Waals surface area contributed by atoms with Gasteiger partial charge >= 0.3 is 6.09 Å². The van der Waals surface area contributed by atoms with Crippen molar-refractivity contribution in [1.82, 2.24) is 9.88 Å². The summed E-state index contributed by atoms with van der Waals surface area (Å²) in [6.07, 6.45) is 4.12. The molecular weight excluding hydrogens is 280 g/mol. The van der Waals surface area contributed by atoms with Crippen LogP contribution in [0.15, 0.2) is 24.1 Å². The average molecular weight is 296 g/mol. The highest BCUT2D eigenvalue weighted by molar-refractivity contribution is 7.73. The van der Waals surface area contributed by atoms with Crippen molar-refractivity contribution < 1.29 is 9.53 Å². The lowest BCUT2D eigenvalue weighted by atomic mass is 10.00. The van der Waals surface area contributed by atoms with Crippen molar-refractivity contribution in [2.45, 2.75) is 19.4 Å². The Kier molecular flexibility index (Phi) is 4.55. The molecule has 0 saturated heterocycles. The molecule has 2 heterocycles. The van der Waals surface area contributed by atoms with E-state index in [1.165, 1.54) is 16.9 Å². The van der Waals surface area contributed by atoms with Crippen LogP contribution in [0.5, 0.6) is 0 Å². The predicted molar refractivity (Wildman–Crippen MR) is 79.8 cm³/mol. The van der Waals surface area contributed by atoms with E-state index in [-0.39, 0.29) is 18.7 Å². The van der Waals surface area contributed by atoms with Gasteiger partial charge in [-0.1, -0.05) is 18.7 Å². The van der Waals surface area contributed by atoms with E-state index in [1.54, 1.807) is 11.0 Å². The number of carbonyl (C=O) groups is 1. The number of nitrogens with one attached hydrogen (secondary N) is 1.